The average Bonchev–Trinajstić information content (AvgIpc) is 2.40. The van der Waals surface area contributed by atoms with Gasteiger partial charge in [-0.25, -0.2) is 0 Å². The molecule has 0 atom stereocenters. The van der Waals surface area contributed by atoms with Crippen LogP contribution in [0, 0.1) is 0 Å². The van der Waals surface area contributed by atoms with Crippen LogP contribution in [0.15, 0.2) is 0 Å². The second-order valence-corrected chi connectivity index (χ2v) is 32.8. The molecular formula is C15H30Cl2Te2. The molecule has 4 heteroatoms. The van der Waals surface area contributed by atoms with Crippen LogP contribution in [0.3, 0.4) is 0 Å². The first kappa shape index (κ1) is 17.5. The molecule has 0 aliphatic carbocycles. The fourth-order valence-corrected chi connectivity index (χ4v) is 23.5. The Kier molecular flexibility index (Phi) is 8.02. The van der Waals surface area contributed by atoms with Gasteiger partial charge >= 0.3 is 137 Å². The molecule has 0 nitrogen and oxygen atoms in total. The number of halogens is 2. The van der Waals surface area contributed by atoms with E-state index >= 15 is 0 Å². The van der Waals surface area contributed by atoms with Crippen LogP contribution >= 0.6 is 17.9 Å². The molecule has 0 saturated carbocycles. The van der Waals surface area contributed by atoms with Crippen LogP contribution in [-0.2, 0) is 0 Å². The van der Waals surface area contributed by atoms with E-state index < -0.39 is 34.1 Å². The zero-order valence-electron chi connectivity index (χ0n) is 12.2. The fraction of sp³-hybridized carbons (Fsp3) is 1.00. The standard InChI is InChI=1S/C15H30Cl2Te2/c16-18(10-4-1-5-11-18)14-8-3-9-15-19(17)12-6-2-7-13-19/h1-15H2. The maximum atomic E-state index is 6.91. The quantitative estimate of drug-likeness (QED) is 0.256. The molecule has 2 aliphatic rings. The van der Waals surface area contributed by atoms with Crippen LogP contribution in [0.25, 0.3) is 0 Å². The third-order valence-electron chi connectivity index (χ3n) is 4.56. The Balaban J connectivity index is 1.56. The monoisotopic (exact) mass is 540 g/mol. The summed E-state index contributed by atoms with van der Waals surface area (Å²) in [4.78, 5) is 0. The molecule has 2 heterocycles. The van der Waals surface area contributed by atoms with Gasteiger partial charge in [0.25, 0.3) is 0 Å². The van der Waals surface area contributed by atoms with Crippen LogP contribution < -0.4 is 0 Å². The van der Waals surface area contributed by atoms with Gasteiger partial charge in [-0.3, -0.25) is 0 Å². The molecule has 116 valence electrons. The third kappa shape index (κ3) is 6.43. The first-order valence-electron chi connectivity index (χ1n) is 8.04. The van der Waals surface area contributed by atoms with Crippen LogP contribution in [0.2, 0.25) is 26.8 Å². The number of hydrogen-bond acceptors (Lipinski definition) is 0. The molecule has 2 rings (SSSR count). The van der Waals surface area contributed by atoms with Crippen molar-refractivity contribution in [2.24, 2.45) is 0 Å². The predicted octanol–water partition coefficient (Wildman–Crippen LogP) is 6.89. The molecule has 2 saturated heterocycles. The van der Waals surface area contributed by atoms with Crippen molar-refractivity contribution < 1.29 is 0 Å². The molecule has 2 aliphatic heterocycles. The topological polar surface area (TPSA) is 0 Å². The van der Waals surface area contributed by atoms with Crippen molar-refractivity contribution in [3.8, 4) is 0 Å². The van der Waals surface area contributed by atoms with Gasteiger partial charge in [-0.15, -0.1) is 0 Å². The average molecular weight is 537 g/mol. The number of unbranched alkanes of at least 4 members (excludes halogenated alkanes) is 2. The second kappa shape index (κ2) is 8.70. The van der Waals surface area contributed by atoms with E-state index in [2.05, 4.69) is 0 Å². The Morgan fingerprint density at radius 2 is 0.895 bits per heavy atom. The van der Waals surface area contributed by atoms with Gasteiger partial charge in [-0.1, -0.05) is 0 Å². The molecule has 0 N–H and O–H groups in total. The van der Waals surface area contributed by atoms with E-state index in [1.165, 1.54) is 84.6 Å². The van der Waals surface area contributed by atoms with Crippen LogP contribution in [-0.4, -0.2) is 34.1 Å². The second-order valence-electron chi connectivity index (χ2n) is 6.29. The van der Waals surface area contributed by atoms with Gasteiger partial charge in [-0.05, 0) is 0 Å². The van der Waals surface area contributed by atoms with E-state index in [0.717, 1.165) is 0 Å². The van der Waals surface area contributed by atoms with E-state index in [1.807, 2.05) is 0 Å². The molecular weight excluding hydrogens is 506 g/mol. The maximum absolute atomic E-state index is 6.91. The van der Waals surface area contributed by atoms with E-state index in [-0.39, 0.29) is 0 Å². The molecule has 0 spiro atoms. The molecule has 0 radical (unpaired) electrons. The van der Waals surface area contributed by atoms with Crippen LogP contribution in [0.4, 0.5) is 0 Å². The molecule has 0 aromatic carbocycles. The number of rotatable bonds is 6. The van der Waals surface area contributed by atoms with Crippen molar-refractivity contribution in [2.75, 3.05) is 0 Å². The zero-order chi connectivity index (χ0) is 13.6. The SMILES string of the molecule is Cl[Te]1(CCCCC[Te]2(Cl)CCCCC2)CCCCC1. The fourth-order valence-electron chi connectivity index (χ4n) is 3.31. The Hall–Kier alpha value is 2.16. The Labute approximate surface area is 135 Å². The molecule has 0 unspecified atom stereocenters. The van der Waals surface area contributed by atoms with Gasteiger partial charge in [0.15, 0.2) is 0 Å². The van der Waals surface area contributed by atoms with Gasteiger partial charge in [0.2, 0.25) is 0 Å². The Morgan fingerprint density at radius 3 is 1.26 bits per heavy atom. The Bertz CT molecular complexity index is 233. The summed E-state index contributed by atoms with van der Waals surface area (Å²) in [7, 11) is 13.8. The van der Waals surface area contributed by atoms with Gasteiger partial charge in [0.05, 0.1) is 0 Å². The molecule has 19 heavy (non-hydrogen) atoms. The summed E-state index contributed by atoms with van der Waals surface area (Å²) in [5, 5.41) is 0. The minimum atomic E-state index is -1.83. The van der Waals surface area contributed by atoms with Crippen molar-refractivity contribution in [2.45, 2.75) is 84.6 Å². The summed E-state index contributed by atoms with van der Waals surface area (Å²) in [5.41, 5.74) is 0. The summed E-state index contributed by atoms with van der Waals surface area (Å²) >= 11 is -3.65. The molecule has 0 aromatic rings. The van der Waals surface area contributed by atoms with Gasteiger partial charge in [0.1, 0.15) is 0 Å². The molecule has 0 aromatic heterocycles. The normalized spacial score (nSPS) is 29.6. The van der Waals surface area contributed by atoms with Crippen molar-refractivity contribution in [3.05, 3.63) is 0 Å². The van der Waals surface area contributed by atoms with Crippen molar-refractivity contribution in [3.63, 3.8) is 0 Å². The van der Waals surface area contributed by atoms with Crippen molar-refractivity contribution in [1.29, 1.82) is 0 Å². The van der Waals surface area contributed by atoms with E-state index in [0.29, 0.717) is 0 Å². The van der Waals surface area contributed by atoms with Gasteiger partial charge < -0.3 is 0 Å². The summed E-state index contributed by atoms with van der Waals surface area (Å²) in [6.07, 6.45) is 12.9. The minimum absolute atomic E-state index is 1.42. The molecule has 0 amide bonds. The summed E-state index contributed by atoms with van der Waals surface area (Å²) in [6.45, 7) is 0. The van der Waals surface area contributed by atoms with Crippen molar-refractivity contribution >= 4 is 52.0 Å². The number of hydrogen-bond donors (Lipinski definition) is 0. The first-order valence-corrected chi connectivity index (χ1v) is 23.8. The first-order chi connectivity index (χ1) is 9.12. The summed E-state index contributed by atoms with van der Waals surface area (Å²) in [5.74, 6) is 0. The third-order valence-corrected chi connectivity index (χ3v) is 28.2. The Morgan fingerprint density at radius 1 is 0.526 bits per heavy atom. The molecule has 2 fully saturated rings. The summed E-state index contributed by atoms with van der Waals surface area (Å²) in [6, 6.07) is 0. The van der Waals surface area contributed by atoms with E-state index in [9.17, 15) is 0 Å². The van der Waals surface area contributed by atoms with Crippen molar-refractivity contribution in [1.82, 2.24) is 0 Å². The van der Waals surface area contributed by atoms with E-state index in [1.54, 1.807) is 0 Å². The molecule has 0 bridgehead atoms. The van der Waals surface area contributed by atoms with Gasteiger partial charge in [-0.2, -0.15) is 0 Å². The van der Waals surface area contributed by atoms with Crippen LogP contribution in [0.1, 0.15) is 57.8 Å². The van der Waals surface area contributed by atoms with Crippen LogP contribution in [0.5, 0.6) is 0 Å². The van der Waals surface area contributed by atoms with Gasteiger partial charge in [0, 0.05) is 0 Å². The predicted molar refractivity (Wildman–Crippen MR) is 93.6 cm³/mol. The summed E-state index contributed by atoms with van der Waals surface area (Å²) < 4.78 is 8.66. The zero-order valence-corrected chi connectivity index (χ0v) is 18.4. The van der Waals surface area contributed by atoms with E-state index in [4.69, 9.17) is 17.9 Å².